The van der Waals surface area contributed by atoms with E-state index < -0.39 is 0 Å². The minimum absolute atomic E-state index is 0.262. The Morgan fingerprint density at radius 2 is 2.00 bits per heavy atom. The average Bonchev–Trinajstić information content (AvgIpc) is 3.04. The van der Waals surface area contributed by atoms with Crippen molar-refractivity contribution in [3.05, 3.63) is 42.5 Å². The molecule has 0 fully saturated rings. The number of nitrogens with one attached hydrogen (secondary N) is 2. The molecule has 0 saturated heterocycles. The van der Waals surface area contributed by atoms with E-state index in [-0.39, 0.29) is 5.60 Å². The number of hydrogen-bond acceptors (Lipinski definition) is 4. The summed E-state index contributed by atoms with van der Waals surface area (Å²) in [7, 11) is 3.43. The van der Waals surface area contributed by atoms with Crippen LogP contribution in [-0.2, 0) is 11.3 Å². The van der Waals surface area contributed by atoms with Crippen LogP contribution in [0.25, 0.3) is 5.69 Å². The van der Waals surface area contributed by atoms with E-state index in [2.05, 4.69) is 25.8 Å². The molecule has 0 bridgehead atoms. The molecule has 1 aromatic heterocycles. The van der Waals surface area contributed by atoms with Crippen molar-refractivity contribution < 1.29 is 4.74 Å². The number of rotatable bonds is 6. The Kier molecular flexibility index (Phi) is 5.70. The van der Waals surface area contributed by atoms with E-state index in [4.69, 9.17) is 4.74 Å². The van der Waals surface area contributed by atoms with Gasteiger partial charge < -0.3 is 15.4 Å². The largest absolute Gasteiger partial charge is 0.377 e. The van der Waals surface area contributed by atoms with Crippen LogP contribution >= 0.6 is 0 Å². The summed E-state index contributed by atoms with van der Waals surface area (Å²) in [5.74, 6) is 1.50. The van der Waals surface area contributed by atoms with Gasteiger partial charge in [0.15, 0.2) is 11.8 Å². The maximum Gasteiger partial charge on any atom is 0.191 e. The highest BCUT2D eigenvalue weighted by Crippen LogP contribution is 2.08. The third kappa shape index (κ3) is 4.79. The SMILES string of the molecule is CN=C(NCc1nncn1-c1ccccc1)NCC(C)(C)OC. The van der Waals surface area contributed by atoms with Crippen molar-refractivity contribution in [2.45, 2.75) is 26.0 Å². The third-order valence-electron chi connectivity index (χ3n) is 3.52. The summed E-state index contributed by atoms with van der Waals surface area (Å²) in [6.07, 6.45) is 1.70. The van der Waals surface area contributed by atoms with Crippen molar-refractivity contribution in [1.29, 1.82) is 0 Å². The third-order valence-corrected chi connectivity index (χ3v) is 3.52. The van der Waals surface area contributed by atoms with Gasteiger partial charge in [-0.2, -0.15) is 0 Å². The monoisotopic (exact) mass is 316 g/mol. The fourth-order valence-electron chi connectivity index (χ4n) is 1.94. The molecule has 7 heteroatoms. The number of para-hydroxylation sites is 1. The van der Waals surface area contributed by atoms with Crippen molar-refractivity contribution in [3.8, 4) is 5.69 Å². The smallest absolute Gasteiger partial charge is 0.191 e. The Morgan fingerprint density at radius 3 is 2.65 bits per heavy atom. The Morgan fingerprint density at radius 1 is 1.26 bits per heavy atom. The molecule has 0 spiro atoms. The zero-order chi connectivity index (χ0) is 16.7. The van der Waals surface area contributed by atoms with Crippen LogP contribution in [-0.4, -0.2) is 47.0 Å². The van der Waals surface area contributed by atoms with Gasteiger partial charge in [0.2, 0.25) is 0 Å². The zero-order valence-corrected chi connectivity index (χ0v) is 14.1. The van der Waals surface area contributed by atoms with E-state index in [0.29, 0.717) is 19.0 Å². The maximum atomic E-state index is 5.39. The first-order valence-corrected chi connectivity index (χ1v) is 7.50. The number of aliphatic imine (C=N–C) groups is 1. The lowest BCUT2D eigenvalue weighted by Gasteiger charge is -2.24. The summed E-state index contributed by atoms with van der Waals surface area (Å²) in [6, 6.07) is 9.98. The molecule has 0 saturated carbocycles. The topological polar surface area (TPSA) is 76.4 Å². The highest BCUT2D eigenvalue weighted by atomic mass is 16.5. The second-order valence-corrected chi connectivity index (χ2v) is 5.70. The van der Waals surface area contributed by atoms with Gasteiger partial charge in [0.1, 0.15) is 6.33 Å². The predicted molar refractivity (Wildman–Crippen MR) is 90.6 cm³/mol. The summed E-state index contributed by atoms with van der Waals surface area (Å²) in [5.41, 5.74) is 0.763. The van der Waals surface area contributed by atoms with Gasteiger partial charge in [-0.1, -0.05) is 18.2 Å². The van der Waals surface area contributed by atoms with Crippen molar-refractivity contribution in [3.63, 3.8) is 0 Å². The van der Waals surface area contributed by atoms with E-state index >= 15 is 0 Å². The van der Waals surface area contributed by atoms with Crippen LogP contribution in [0.5, 0.6) is 0 Å². The highest BCUT2D eigenvalue weighted by molar-refractivity contribution is 5.79. The minimum atomic E-state index is -0.262. The van der Waals surface area contributed by atoms with Crippen LogP contribution in [0.15, 0.2) is 41.7 Å². The second kappa shape index (κ2) is 7.73. The van der Waals surface area contributed by atoms with Gasteiger partial charge in [-0.3, -0.25) is 9.56 Å². The average molecular weight is 316 g/mol. The molecule has 0 aliphatic carbocycles. The summed E-state index contributed by atoms with van der Waals surface area (Å²) in [5, 5.41) is 14.6. The van der Waals surface area contributed by atoms with Gasteiger partial charge in [0, 0.05) is 26.4 Å². The van der Waals surface area contributed by atoms with Crippen LogP contribution in [0.3, 0.4) is 0 Å². The number of hydrogen-bond donors (Lipinski definition) is 2. The molecule has 0 atom stereocenters. The molecule has 23 heavy (non-hydrogen) atoms. The minimum Gasteiger partial charge on any atom is -0.377 e. The van der Waals surface area contributed by atoms with Gasteiger partial charge in [0.25, 0.3) is 0 Å². The number of benzene rings is 1. The molecule has 0 aliphatic rings. The van der Waals surface area contributed by atoms with Gasteiger partial charge in [-0.05, 0) is 26.0 Å². The number of ether oxygens (including phenoxy) is 1. The lowest BCUT2D eigenvalue weighted by molar-refractivity contribution is 0.0268. The van der Waals surface area contributed by atoms with E-state index in [1.54, 1.807) is 20.5 Å². The molecular weight excluding hydrogens is 292 g/mol. The Labute approximate surface area is 136 Å². The molecular formula is C16H24N6O. The molecule has 2 rings (SSSR count). The van der Waals surface area contributed by atoms with Gasteiger partial charge in [-0.15, -0.1) is 10.2 Å². The lowest BCUT2D eigenvalue weighted by Crippen LogP contribution is -2.45. The fraction of sp³-hybridized carbons (Fsp3) is 0.438. The van der Waals surface area contributed by atoms with Crippen molar-refractivity contribution in [1.82, 2.24) is 25.4 Å². The van der Waals surface area contributed by atoms with Gasteiger partial charge in [-0.25, -0.2) is 0 Å². The summed E-state index contributed by atoms with van der Waals surface area (Å²) in [4.78, 5) is 4.21. The van der Waals surface area contributed by atoms with Crippen LogP contribution in [0.4, 0.5) is 0 Å². The van der Waals surface area contributed by atoms with Crippen LogP contribution in [0.1, 0.15) is 19.7 Å². The molecule has 7 nitrogen and oxygen atoms in total. The summed E-state index contributed by atoms with van der Waals surface area (Å²) < 4.78 is 7.33. The molecule has 124 valence electrons. The molecule has 0 aliphatic heterocycles. The Balaban J connectivity index is 1.97. The molecule has 2 aromatic rings. The Bertz CT molecular complexity index is 635. The maximum absolute atomic E-state index is 5.39. The predicted octanol–water partition coefficient (Wildman–Crippen LogP) is 1.36. The van der Waals surface area contributed by atoms with E-state index in [1.165, 1.54) is 0 Å². The van der Waals surface area contributed by atoms with Crippen LogP contribution in [0.2, 0.25) is 0 Å². The molecule has 2 N–H and O–H groups in total. The number of guanidine groups is 1. The van der Waals surface area contributed by atoms with Gasteiger partial charge in [0.05, 0.1) is 12.1 Å². The van der Waals surface area contributed by atoms with E-state index in [0.717, 1.165) is 11.5 Å². The first-order chi connectivity index (χ1) is 11.1. The number of nitrogens with zero attached hydrogens (tertiary/aromatic N) is 4. The first-order valence-electron chi connectivity index (χ1n) is 7.50. The molecule has 0 radical (unpaired) electrons. The normalized spacial score (nSPS) is 12.3. The summed E-state index contributed by atoms with van der Waals surface area (Å²) in [6.45, 7) is 5.19. The molecule has 0 amide bonds. The molecule has 0 unspecified atom stereocenters. The van der Waals surface area contributed by atoms with E-state index in [9.17, 15) is 0 Å². The van der Waals surface area contributed by atoms with Gasteiger partial charge >= 0.3 is 0 Å². The summed E-state index contributed by atoms with van der Waals surface area (Å²) >= 11 is 0. The van der Waals surface area contributed by atoms with Crippen LogP contribution < -0.4 is 10.6 Å². The van der Waals surface area contributed by atoms with Crippen LogP contribution in [0, 0.1) is 0 Å². The number of methoxy groups -OCH3 is 1. The van der Waals surface area contributed by atoms with E-state index in [1.807, 2.05) is 48.7 Å². The quantitative estimate of drug-likeness (QED) is 0.621. The highest BCUT2D eigenvalue weighted by Gasteiger charge is 2.16. The molecule has 1 heterocycles. The lowest BCUT2D eigenvalue weighted by atomic mass is 10.1. The van der Waals surface area contributed by atoms with Crippen molar-refractivity contribution in [2.75, 3.05) is 20.7 Å². The van der Waals surface area contributed by atoms with Crippen molar-refractivity contribution in [2.24, 2.45) is 4.99 Å². The second-order valence-electron chi connectivity index (χ2n) is 5.70. The first kappa shape index (κ1) is 17.0. The fourth-order valence-corrected chi connectivity index (χ4v) is 1.94. The number of aromatic nitrogens is 3. The zero-order valence-electron chi connectivity index (χ0n) is 14.1. The van der Waals surface area contributed by atoms with Crippen molar-refractivity contribution >= 4 is 5.96 Å². The standard InChI is InChI=1S/C16H24N6O/c1-16(2,23-4)11-19-15(17-3)18-10-14-21-20-12-22(14)13-8-6-5-7-9-13/h5-9,12H,10-11H2,1-4H3,(H2,17,18,19). The Hall–Kier alpha value is -2.41. The molecule has 1 aromatic carbocycles.